The van der Waals surface area contributed by atoms with Crippen LogP contribution in [0.15, 0.2) is 35.4 Å². The summed E-state index contributed by atoms with van der Waals surface area (Å²) in [6.45, 7) is 0. The van der Waals surface area contributed by atoms with Crippen LogP contribution in [0.25, 0.3) is 22.4 Å². The van der Waals surface area contributed by atoms with E-state index in [4.69, 9.17) is 0 Å². The number of nitrogens with zero attached hydrogens (tertiary/aromatic N) is 3. The number of nitrogens with one attached hydrogen (secondary N) is 1. The summed E-state index contributed by atoms with van der Waals surface area (Å²) in [5, 5.41) is 0. The van der Waals surface area contributed by atoms with Crippen molar-refractivity contribution in [3.63, 3.8) is 0 Å². The van der Waals surface area contributed by atoms with Gasteiger partial charge in [-0.1, -0.05) is 24.3 Å². The van der Waals surface area contributed by atoms with Gasteiger partial charge in [0, 0.05) is 5.56 Å². The number of fused-ring (bicyclic) bond motifs is 4. The van der Waals surface area contributed by atoms with Crippen LogP contribution in [0.4, 0.5) is 0 Å². The summed E-state index contributed by atoms with van der Waals surface area (Å²) in [7, 11) is 0. The zero-order valence-electron chi connectivity index (χ0n) is 10.1. The van der Waals surface area contributed by atoms with Crippen molar-refractivity contribution in [3.05, 3.63) is 52.2 Å². The van der Waals surface area contributed by atoms with Crippen molar-refractivity contribution in [1.29, 1.82) is 0 Å². The molecule has 4 rings (SSSR count). The third kappa shape index (κ3) is 1.48. The molecule has 2 heterocycles. The average Bonchev–Trinajstić information content (AvgIpc) is 2.46. The maximum absolute atomic E-state index is 11.7. The van der Waals surface area contributed by atoms with E-state index in [1.54, 1.807) is 0 Å². The molecule has 0 radical (unpaired) electrons. The smallest absolute Gasteiger partial charge is 0.278 e. The fourth-order valence-corrected chi connectivity index (χ4v) is 2.54. The number of hydrogen-bond acceptors (Lipinski definition) is 4. The molecule has 0 fully saturated rings. The molecule has 1 aromatic carbocycles. The zero-order chi connectivity index (χ0) is 12.8. The predicted molar refractivity (Wildman–Crippen MR) is 70.8 cm³/mol. The standard InChI is InChI=1S/C14H10N4O/c19-14-12-13(15-7-16-14)18-11-9-4-2-1-3-8(9)5-6-10(11)17-12/h1-4,7H,5-6H2,(H,15,16,18,19). The van der Waals surface area contributed by atoms with Gasteiger partial charge in [-0.15, -0.1) is 0 Å². The first-order valence-corrected chi connectivity index (χ1v) is 6.15. The molecule has 92 valence electrons. The number of rotatable bonds is 0. The highest BCUT2D eigenvalue weighted by molar-refractivity contribution is 5.76. The summed E-state index contributed by atoms with van der Waals surface area (Å²) in [6, 6.07) is 8.17. The molecule has 0 saturated carbocycles. The normalized spacial score (nSPS) is 13.1. The molecule has 1 N–H and O–H groups in total. The van der Waals surface area contributed by atoms with Crippen molar-refractivity contribution in [3.8, 4) is 11.3 Å². The van der Waals surface area contributed by atoms with Crippen molar-refractivity contribution in [1.82, 2.24) is 19.9 Å². The highest BCUT2D eigenvalue weighted by atomic mass is 16.1. The first-order valence-electron chi connectivity index (χ1n) is 6.15. The molecule has 5 heteroatoms. The lowest BCUT2D eigenvalue weighted by Crippen LogP contribution is -2.14. The second-order valence-corrected chi connectivity index (χ2v) is 4.58. The summed E-state index contributed by atoms with van der Waals surface area (Å²) in [4.78, 5) is 27.3. The Bertz CT molecular complexity index is 853. The summed E-state index contributed by atoms with van der Waals surface area (Å²) in [5.74, 6) is 0. The SMILES string of the molecule is O=c1[nH]cnc2nc3c(nc12)CCc1ccccc1-3. The maximum Gasteiger partial charge on any atom is 0.278 e. The molecule has 0 aliphatic heterocycles. The van der Waals surface area contributed by atoms with Crippen LogP contribution in [0, 0.1) is 0 Å². The number of benzene rings is 1. The first-order chi connectivity index (χ1) is 9.33. The van der Waals surface area contributed by atoms with Crippen LogP contribution < -0.4 is 5.56 Å². The van der Waals surface area contributed by atoms with E-state index >= 15 is 0 Å². The average molecular weight is 250 g/mol. The van der Waals surface area contributed by atoms with E-state index in [1.165, 1.54) is 11.9 Å². The number of H-pyrrole nitrogens is 1. The van der Waals surface area contributed by atoms with Gasteiger partial charge in [0.1, 0.15) is 0 Å². The Morgan fingerprint density at radius 3 is 2.95 bits per heavy atom. The van der Waals surface area contributed by atoms with Gasteiger partial charge >= 0.3 is 0 Å². The molecule has 0 unspecified atom stereocenters. The number of hydrogen-bond donors (Lipinski definition) is 1. The van der Waals surface area contributed by atoms with Gasteiger partial charge in [0.15, 0.2) is 11.2 Å². The second-order valence-electron chi connectivity index (χ2n) is 4.58. The van der Waals surface area contributed by atoms with E-state index in [2.05, 4.69) is 26.0 Å². The van der Waals surface area contributed by atoms with Gasteiger partial charge in [-0.3, -0.25) is 4.79 Å². The Kier molecular flexibility index (Phi) is 2.03. The zero-order valence-corrected chi connectivity index (χ0v) is 10.1. The van der Waals surface area contributed by atoms with Gasteiger partial charge in [-0.05, 0) is 18.4 Å². The molecule has 0 atom stereocenters. The molecule has 0 amide bonds. The Balaban J connectivity index is 2.09. The van der Waals surface area contributed by atoms with E-state index in [1.807, 2.05) is 18.2 Å². The van der Waals surface area contributed by atoms with Gasteiger partial charge in [0.2, 0.25) is 0 Å². The van der Waals surface area contributed by atoms with E-state index in [-0.39, 0.29) is 5.56 Å². The lowest BCUT2D eigenvalue weighted by molar-refractivity contribution is 0.886. The molecular formula is C14H10N4O. The summed E-state index contributed by atoms with van der Waals surface area (Å²) in [5.41, 5.74) is 4.59. The van der Waals surface area contributed by atoms with Gasteiger partial charge < -0.3 is 4.98 Å². The maximum atomic E-state index is 11.7. The number of aromatic nitrogens is 4. The molecule has 1 aliphatic carbocycles. The minimum absolute atomic E-state index is 0.237. The number of aryl methyl sites for hydroxylation is 2. The van der Waals surface area contributed by atoms with E-state index in [0.717, 1.165) is 29.8 Å². The molecule has 19 heavy (non-hydrogen) atoms. The number of aromatic amines is 1. The van der Waals surface area contributed by atoms with Crippen molar-refractivity contribution in [2.24, 2.45) is 0 Å². The lowest BCUT2D eigenvalue weighted by atomic mass is 9.92. The van der Waals surface area contributed by atoms with Crippen LogP contribution in [0.2, 0.25) is 0 Å². The molecule has 3 aromatic rings. The highest BCUT2D eigenvalue weighted by Crippen LogP contribution is 2.31. The van der Waals surface area contributed by atoms with Crippen molar-refractivity contribution >= 4 is 11.2 Å². The monoisotopic (exact) mass is 250 g/mol. The molecule has 0 spiro atoms. The molecule has 0 saturated heterocycles. The molecular weight excluding hydrogens is 240 g/mol. The quantitative estimate of drug-likeness (QED) is 0.656. The predicted octanol–water partition coefficient (Wildman–Crippen LogP) is 1.48. The van der Waals surface area contributed by atoms with Gasteiger partial charge in [-0.2, -0.15) is 0 Å². The first kappa shape index (κ1) is 10.4. The van der Waals surface area contributed by atoms with Crippen molar-refractivity contribution in [2.75, 3.05) is 0 Å². The van der Waals surface area contributed by atoms with Crippen LogP contribution in [-0.4, -0.2) is 19.9 Å². The van der Waals surface area contributed by atoms with Crippen LogP contribution in [0.5, 0.6) is 0 Å². The van der Waals surface area contributed by atoms with Crippen LogP contribution in [-0.2, 0) is 12.8 Å². The van der Waals surface area contributed by atoms with E-state index in [9.17, 15) is 4.79 Å². The topological polar surface area (TPSA) is 71.5 Å². The summed E-state index contributed by atoms with van der Waals surface area (Å²) < 4.78 is 0. The van der Waals surface area contributed by atoms with Gasteiger partial charge in [0.25, 0.3) is 5.56 Å². The minimum Gasteiger partial charge on any atom is -0.311 e. The Morgan fingerprint density at radius 1 is 1.11 bits per heavy atom. The minimum atomic E-state index is -0.237. The van der Waals surface area contributed by atoms with E-state index in [0.29, 0.717) is 11.2 Å². The largest absolute Gasteiger partial charge is 0.311 e. The fourth-order valence-electron chi connectivity index (χ4n) is 2.54. The van der Waals surface area contributed by atoms with Gasteiger partial charge in [0.05, 0.1) is 17.7 Å². The van der Waals surface area contributed by atoms with Crippen molar-refractivity contribution in [2.45, 2.75) is 12.8 Å². The Morgan fingerprint density at radius 2 is 2.00 bits per heavy atom. The Hall–Kier alpha value is -2.56. The third-order valence-electron chi connectivity index (χ3n) is 3.45. The van der Waals surface area contributed by atoms with Gasteiger partial charge in [-0.25, -0.2) is 15.0 Å². The second kappa shape index (κ2) is 3.71. The summed E-state index contributed by atoms with van der Waals surface area (Å²) >= 11 is 0. The molecule has 5 nitrogen and oxygen atoms in total. The lowest BCUT2D eigenvalue weighted by Gasteiger charge is -2.17. The molecule has 2 aromatic heterocycles. The highest BCUT2D eigenvalue weighted by Gasteiger charge is 2.19. The van der Waals surface area contributed by atoms with Crippen LogP contribution in [0.3, 0.4) is 0 Å². The third-order valence-corrected chi connectivity index (χ3v) is 3.45. The van der Waals surface area contributed by atoms with Crippen LogP contribution in [0.1, 0.15) is 11.3 Å². The Labute approximate surface area is 108 Å². The molecule has 0 bridgehead atoms. The van der Waals surface area contributed by atoms with Crippen LogP contribution >= 0.6 is 0 Å². The summed E-state index contributed by atoms with van der Waals surface area (Å²) in [6.07, 6.45) is 3.10. The fraction of sp³-hybridized carbons (Fsp3) is 0.143. The van der Waals surface area contributed by atoms with E-state index < -0.39 is 0 Å². The van der Waals surface area contributed by atoms with Crippen molar-refractivity contribution < 1.29 is 0 Å². The molecule has 1 aliphatic rings.